The van der Waals surface area contributed by atoms with Crippen molar-refractivity contribution in [2.45, 2.75) is 0 Å². The smallest absolute Gasteiger partial charge is 0.352 e. The van der Waals surface area contributed by atoms with E-state index >= 15 is 0 Å². The average Bonchev–Trinajstić information content (AvgIpc) is 2.95. The van der Waals surface area contributed by atoms with Crippen LogP contribution in [0.15, 0.2) is 36.5 Å². The van der Waals surface area contributed by atoms with Crippen LogP contribution in [0.5, 0.6) is 0 Å². The van der Waals surface area contributed by atoms with Crippen molar-refractivity contribution < 1.29 is 34.5 Å². The van der Waals surface area contributed by atoms with Crippen LogP contribution >= 0.6 is 0 Å². The third-order valence-electron chi connectivity index (χ3n) is 2.86. The lowest BCUT2D eigenvalue weighted by Gasteiger charge is -2.07. The van der Waals surface area contributed by atoms with Crippen LogP contribution in [0, 0.1) is 0 Å². The van der Waals surface area contributed by atoms with Crippen molar-refractivity contribution in [3.63, 3.8) is 0 Å². The van der Waals surface area contributed by atoms with E-state index < -0.39 is 23.8 Å². The van der Waals surface area contributed by atoms with Gasteiger partial charge in [0.1, 0.15) is 5.69 Å². The lowest BCUT2D eigenvalue weighted by molar-refractivity contribution is 0.0669. The third-order valence-corrected chi connectivity index (χ3v) is 2.86. The van der Waals surface area contributed by atoms with Gasteiger partial charge in [0, 0.05) is 11.8 Å². The van der Waals surface area contributed by atoms with E-state index in [0.29, 0.717) is 0 Å². The second-order valence-corrected chi connectivity index (χ2v) is 4.28. The molecular formula is C14H9NO7. The van der Waals surface area contributed by atoms with E-state index in [1.54, 1.807) is 0 Å². The normalized spacial score (nSPS) is 10.2. The Hall–Kier alpha value is -3.42. The largest absolute Gasteiger partial charge is 0.478 e. The minimum Gasteiger partial charge on any atom is -0.478 e. The molecule has 8 nitrogen and oxygen atoms in total. The molecule has 0 atom stereocenters. The van der Waals surface area contributed by atoms with Crippen molar-refractivity contribution in [1.29, 1.82) is 0 Å². The van der Waals surface area contributed by atoms with E-state index in [-0.39, 0.29) is 22.4 Å². The van der Waals surface area contributed by atoms with E-state index in [9.17, 15) is 19.2 Å². The molecule has 0 unspecified atom stereocenters. The highest BCUT2D eigenvalue weighted by Crippen LogP contribution is 2.14. The first-order valence-corrected chi connectivity index (χ1v) is 5.88. The summed E-state index contributed by atoms with van der Waals surface area (Å²) in [6.07, 6.45) is 1.19. The number of carbonyl (C=O) groups excluding carboxylic acids is 1. The summed E-state index contributed by atoms with van der Waals surface area (Å²) in [6, 6.07) is 5.42. The van der Waals surface area contributed by atoms with Gasteiger partial charge in [-0.25, -0.2) is 14.4 Å². The van der Waals surface area contributed by atoms with Gasteiger partial charge in [-0.2, -0.15) is 0 Å². The third kappa shape index (κ3) is 2.70. The molecule has 22 heavy (non-hydrogen) atoms. The second kappa shape index (κ2) is 5.52. The maximum atomic E-state index is 12.3. The van der Waals surface area contributed by atoms with Crippen LogP contribution < -0.4 is 0 Å². The molecule has 1 aromatic heterocycles. The van der Waals surface area contributed by atoms with Crippen molar-refractivity contribution in [2.75, 3.05) is 0 Å². The van der Waals surface area contributed by atoms with Gasteiger partial charge in [0.15, 0.2) is 0 Å². The van der Waals surface area contributed by atoms with Gasteiger partial charge in [0.25, 0.3) is 5.91 Å². The molecule has 1 heterocycles. The zero-order valence-electron chi connectivity index (χ0n) is 10.9. The molecule has 0 fully saturated rings. The Morgan fingerprint density at radius 2 is 1.27 bits per heavy atom. The van der Waals surface area contributed by atoms with Crippen LogP contribution in [-0.4, -0.2) is 43.7 Å². The summed E-state index contributed by atoms with van der Waals surface area (Å²) >= 11 is 0. The van der Waals surface area contributed by atoms with E-state index in [1.165, 1.54) is 18.3 Å². The van der Waals surface area contributed by atoms with Crippen LogP contribution in [0.1, 0.15) is 41.6 Å². The molecule has 0 saturated heterocycles. The van der Waals surface area contributed by atoms with E-state index in [1.807, 2.05) is 0 Å². The number of nitrogens with zero attached hydrogens (tertiary/aromatic N) is 1. The molecule has 2 rings (SSSR count). The topological polar surface area (TPSA) is 134 Å². The van der Waals surface area contributed by atoms with E-state index in [4.69, 9.17) is 15.3 Å². The summed E-state index contributed by atoms with van der Waals surface area (Å²) in [5.74, 6) is -4.98. The molecule has 0 spiro atoms. The number of rotatable bonds is 4. The number of aromatic carboxylic acids is 3. The van der Waals surface area contributed by atoms with Crippen molar-refractivity contribution in [3.05, 3.63) is 58.9 Å². The van der Waals surface area contributed by atoms with Crippen molar-refractivity contribution in [2.24, 2.45) is 0 Å². The lowest BCUT2D eigenvalue weighted by atomic mass is 10.0. The first-order valence-electron chi connectivity index (χ1n) is 5.88. The fourth-order valence-corrected chi connectivity index (χ4v) is 1.87. The first kappa shape index (κ1) is 15.0. The Bertz CT molecular complexity index is 771. The molecule has 0 radical (unpaired) electrons. The maximum Gasteiger partial charge on any atom is 0.352 e. The summed E-state index contributed by atoms with van der Waals surface area (Å²) in [6.45, 7) is 0. The first-order chi connectivity index (χ1) is 10.3. The molecule has 3 N–H and O–H groups in total. The Labute approximate surface area is 122 Å². The van der Waals surface area contributed by atoms with Gasteiger partial charge in [0.2, 0.25) is 0 Å². The number of hydrogen-bond acceptors (Lipinski definition) is 4. The van der Waals surface area contributed by atoms with Gasteiger partial charge < -0.3 is 15.3 Å². The number of carboxylic acids is 3. The van der Waals surface area contributed by atoms with E-state index in [2.05, 4.69) is 0 Å². The number of benzene rings is 1. The molecule has 0 saturated carbocycles. The van der Waals surface area contributed by atoms with Crippen LogP contribution in [0.25, 0.3) is 0 Å². The maximum absolute atomic E-state index is 12.3. The molecule has 0 aliphatic rings. The summed E-state index contributed by atoms with van der Waals surface area (Å²) in [5, 5.41) is 26.9. The van der Waals surface area contributed by atoms with Gasteiger partial charge >= 0.3 is 17.9 Å². The van der Waals surface area contributed by atoms with Crippen LogP contribution in [0.2, 0.25) is 0 Å². The number of carboxylic acid groups (broad SMARTS) is 3. The minimum absolute atomic E-state index is 0.240. The highest BCUT2D eigenvalue weighted by atomic mass is 16.4. The van der Waals surface area contributed by atoms with Gasteiger partial charge in [-0.3, -0.25) is 9.36 Å². The summed E-state index contributed by atoms with van der Waals surface area (Å²) in [7, 11) is 0. The highest BCUT2D eigenvalue weighted by Gasteiger charge is 2.19. The monoisotopic (exact) mass is 303 g/mol. The van der Waals surface area contributed by atoms with E-state index in [0.717, 1.165) is 22.8 Å². The zero-order valence-corrected chi connectivity index (χ0v) is 10.9. The quantitative estimate of drug-likeness (QED) is 0.774. The number of aromatic nitrogens is 1. The van der Waals surface area contributed by atoms with Crippen LogP contribution in [0.4, 0.5) is 0 Å². The van der Waals surface area contributed by atoms with Crippen molar-refractivity contribution in [3.8, 4) is 0 Å². The standard InChI is InChI=1S/C14H9NO7/c16-11(15-3-1-2-10(15)14(21)22)7-4-8(12(17)18)6-9(5-7)13(19)20/h1-6H,(H,17,18)(H,19,20)(H,21,22). The molecule has 8 heteroatoms. The molecule has 0 amide bonds. The Morgan fingerprint density at radius 3 is 1.73 bits per heavy atom. The van der Waals surface area contributed by atoms with Crippen LogP contribution in [-0.2, 0) is 0 Å². The molecule has 1 aromatic carbocycles. The Morgan fingerprint density at radius 1 is 0.773 bits per heavy atom. The molecule has 112 valence electrons. The lowest BCUT2D eigenvalue weighted by Crippen LogP contribution is -2.18. The van der Waals surface area contributed by atoms with Crippen molar-refractivity contribution in [1.82, 2.24) is 4.57 Å². The van der Waals surface area contributed by atoms with Crippen molar-refractivity contribution >= 4 is 23.8 Å². The summed E-state index contributed by atoms with van der Waals surface area (Å²) < 4.78 is 0.801. The SMILES string of the molecule is O=C(O)c1cc(C(=O)O)cc(C(=O)n2cccc2C(=O)O)c1. The fourth-order valence-electron chi connectivity index (χ4n) is 1.87. The van der Waals surface area contributed by atoms with Crippen LogP contribution in [0.3, 0.4) is 0 Å². The predicted octanol–water partition coefficient (Wildman–Crippen LogP) is 1.27. The van der Waals surface area contributed by atoms with Gasteiger partial charge in [-0.1, -0.05) is 0 Å². The summed E-state index contributed by atoms with van der Waals surface area (Å²) in [4.78, 5) is 45.3. The molecule has 0 bridgehead atoms. The molecule has 0 aliphatic heterocycles. The average molecular weight is 303 g/mol. The predicted molar refractivity (Wildman–Crippen MR) is 71.5 cm³/mol. The minimum atomic E-state index is -1.40. The summed E-state index contributed by atoms with van der Waals surface area (Å²) in [5.41, 5.74) is -1.32. The fraction of sp³-hybridized carbons (Fsp3) is 0. The molecule has 0 aliphatic carbocycles. The van der Waals surface area contributed by atoms with Gasteiger partial charge in [0.05, 0.1) is 11.1 Å². The molecule has 2 aromatic rings. The zero-order chi connectivity index (χ0) is 16.4. The second-order valence-electron chi connectivity index (χ2n) is 4.28. The van der Waals surface area contributed by atoms with Gasteiger partial charge in [-0.15, -0.1) is 0 Å². The Balaban J connectivity index is 2.58. The number of hydrogen-bond donors (Lipinski definition) is 3. The number of carbonyl (C=O) groups is 4. The molecular weight excluding hydrogens is 294 g/mol. The van der Waals surface area contributed by atoms with Gasteiger partial charge in [-0.05, 0) is 30.3 Å². The Kier molecular flexibility index (Phi) is 3.76. The highest BCUT2D eigenvalue weighted by molar-refractivity contribution is 6.04.